The number of carbonyl (C=O) groups excluding carboxylic acids is 2. The molecular formula is C16H24N4O2. The quantitative estimate of drug-likeness (QED) is 0.915. The first kappa shape index (κ1) is 15.1. The Morgan fingerprint density at radius 3 is 3.09 bits per heavy atom. The van der Waals surface area contributed by atoms with Crippen molar-refractivity contribution in [1.82, 2.24) is 20.0 Å². The number of aromatic nitrogens is 2. The van der Waals surface area contributed by atoms with Gasteiger partial charge in [-0.2, -0.15) is 5.10 Å². The second-order valence-corrected chi connectivity index (χ2v) is 6.49. The summed E-state index contributed by atoms with van der Waals surface area (Å²) in [4.78, 5) is 26.2. The second-order valence-electron chi connectivity index (χ2n) is 6.49. The Morgan fingerprint density at radius 2 is 2.32 bits per heavy atom. The molecule has 22 heavy (non-hydrogen) atoms. The molecule has 6 nitrogen and oxygen atoms in total. The third-order valence-electron chi connectivity index (χ3n) is 5.41. The summed E-state index contributed by atoms with van der Waals surface area (Å²) in [5, 5.41) is 7.23. The molecule has 0 bridgehead atoms. The molecule has 2 amide bonds. The van der Waals surface area contributed by atoms with Gasteiger partial charge < -0.3 is 10.2 Å². The molecule has 0 aromatic carbocycles. The van der Waals surface area contributed by atoms with Crippen molar-refractivity contribution < 1.29 is 9.59 Å². The number of nitrogens with zero attached hydrogens (tertiary/aromatic N) is 3. The van der Waals surface area contributed by atoms with Crippen LogP contribution in [0, 0.1) is 5.41 Å². The fourth-order valence-corrected chi connectivity index (χ4v) is 4.14. The van der Waals surface area contributed by atoms with E-state index in [0.29, 0.717) is 25.2 Å². The lowest BCUT2D eigenvalue weighted by Gasteiger charge is -2.44. The number of piperidine rings is 1. The van der Waals surface area contributed by atoms with Crippen LogP contribution in [0.1, 0.15) is 49.5 Å². The summed E-state index contributed by atoms with van der Waals surface area (Å²) in [7, 11) is 1.90. The second kappa shape index (κ2) is 5.74. The minimum atomic E-state index is -0.0704. The Labute approximate surface area is 130 Å². The summed E-state index contributed by atoms with van der Waals surface area (Å²) < 4.78 is 1.70. The molecule has 1 aliphatic carbocycles. The Kier molecular flexibility index (Phi) is 3.93. The predicted octanol–water partition coefficient (Wildman–Crippen LogP) is 1.42. The Hall–Kier alpha value is -1.85. The number of nitrogens with one attached hydrogen (secondary N) is 1. The molecule has 1 saturated carbocycles. The summed E-state index contributed by atoms with van der Waals surface area (Å²) in [5.41, 5.74) is 0.656. The van der Waals surface area contributed by atoms with Crippen LogP contribution in [0.3, 0.4) is 0 Å². The molecule has 1 saturated heterocycles. The van der Waals surface area contributed by atoms with E-state index in [9.17, 15) is 9.59 Å². The van der Waals surface area contributed by atoms with Gasteiger partial charge in [0.15, 0.2) is 0 Å². The van der Waals surface area contributed by atoms with Gasteiger partial charge in [0.05, 0.1) is 0 Å². The number of likely N-dealkylation sites (tertiary alicyclic amines) is 1. The number of fused-ring (bicyclic) bond motifs is 1. The van der Waals surface area contributed by atoms with Crippen LogP contribution in [0.2, 0.25) is 0 Å². The van der Waals surface area contributed by atoms with E-state index in [2.05, 4.69) is 10.4 Å². The van der Waals surface area contributed by atoms with Gasteiger partial charge in [-0.15, -0.1) is 0 Å². The van der Waals surface area contributed by atoms with Crippen molar-refractivity contribution in [3.63, 3.8) is 0 Å². The molecule has 2 aliphatic rings. The lowest BCUT2D eigenvalue weighted by atomic mass is 9.74. The van der Waals surface area contributed by atoms with E-state index < -0.39 is 0 Å². The van der Waals surface area contributed by atoms with E-state index in [-0.39, 0.29) is 23.3 Å². The van der Waals surface area contributed by atoms with Crippen molar-refractivity contribution in [2.45, 2.75) is 51.6 Å². The third-order valence-corrected chi connectivity index (χ3v) is 5.41. The maximum atomic E-state index is 12.4. The van der Waals surface area contributed by atoms with E-state index in [1.165, 1.54) is 0 Å². The number of hydrogen-bond acceptors (Lipinski definition) is 3. The molecule has 0 unspecified atom stereocenters. The zero-order chi connectivity index (χ0) is 15.7. The number of hydrogen-bond donors (Lipinski definition) is 1. The van der Waals surface area contributed by atoms with E-state index in [1.54, 1.807) is 16.9 Å². The summed E-state index contributed by atoms with van der Waals surface area (Å²) in [6, 6.07) is 2.02. The highest BCUT2D eigenvalue weighted by molar-refractivity contribution is 5.92. The number of carbonyl (C=O) groups is 2. The fraction of sp³-hybridized carbons (Fsp3) is 0.688. The molecule has 2 heterocycles. The standard InChI is InChI=1S/C16H24N4O2/c1-3-20-12(7-10-18-20)15(22)17-11-16-8-4-5-13(16)19(2)14(21)6-9-16/h7,10,13H,3-6,8-9,11H2,1-2H3,(H,17,22)/t13-,16+/m1/s1. The topological polar surface area (TPSA) is 67.2 Å². The first-order valence-corrected chi connectivity index (χ1v) is 8.13. The van der Waals surface area contributed by atoms with Gasteiger partial charge in [0.1, 0.15) is 5.69 Å². The predicted molar refractivity (Wildman–Crippen MR) is 82.3 cm³/mol. The maximum Gasteiger partial charge on any atom is 0.269 e. The van der Waals surface area contributed by atoms with Crippen molar-refractivity contribution in [3.8, 4) is 0 Å². The van der Waals surface area contributed by atoms with Crippen LogP contribution >= 0.6 is 0 Å². The minimum absolute atomic E-state index is 0.0510. The van der Waals surface area contributed by atoms with Gasteiger partial charge in [0.2, 0.25) is 5.91 Å². The third kappa shape index (κ3) is 2.40. The average Bonchev–Trinajstić information content (AvgIpc) is 3.16. The molecule has 6 heteroatoms. The van der Waals surface area contributed by atoms with Crippen molar-refractivity contribution in [1.29, 1.82) is 0 Å². The summed E-state index contributed by atoms with van der Waals surface area (Å²) >= 11 is 0. The normalized spacial score (nSPS) is 27.8. The Bertz CT molecular complexity index is 582. The monoisotopic (exact) mass is 304 g/mol. The van der Waals surface area contributed by atoms with E-state index in [4.69, 9.17) is 0 Å². The highest BCUT2D eigenvalue weighted by Gasteiger charge is 2.49. The van der Waals surface area contributed by atoms with Crippen LogP contribution in [0.4, 0.5) is 0 Å². The minimum Gasteiger partial charge on any atom is -0.350 e. The van der Waals surface area contributed by atoms with Gasteiger partial charge in [-0.25, -0.2) is 0 Å². The molecule has 3 rings (SSSR count). The molecule has 1 aromatic rings. The zero-order valence-corrected chi connectivity index (χ0v) is 13.3. The zero-order valence-electron chi connectivity index (χ0n) is 13.3. The fourth-order valence-electron chi connectivity index (χ4n) is 4.14. The number of aryl methyl sites for hydroxylation is 1. The molecule has 1 aliphatic heterocycles. The molecule has 2 atom stereocenters. The number of rotatable bonds is 4. The van der Waals surface area contributed by atoms with Crippen molar-refractivity contribution in [2.24, 2.45) is 5.41 Å². The lowest BCUT2D eigenvalue weighted by molar-refractivity contribution is -0.139. The molecule has 0 spiro atoms. The molecule has 1 N–H and O–H groups in total. The lowest BCUT2D eigenvalue weighted by Crippen LogP contribution is -2.54. The maximum absolute atomic E-state index is 12.4. The van der Waals surface area contributed by atoms with Crippen LogP contribution in [-0.4, -0.2) is 46.1 Å². The molecule has 2 fully saturated rings. The van der Waals surface area contributed by atoms with Crippen molar-refractivity contribution in [2.75, 3.05) is 13.6 Å². The van der Waals surface area contributed by atoms with Gasteiger partial charge in [-0.3, -0.25) is 14.3 Å². The highest BCUT2D eigenvalue weighted by Crippen LogP contribution is 2.47. The van der Waals surface area contributed by atoms with Gasteiger partial charge >= 0.3 is 0 Å². The van der Waals surface area contributed by atoms with E-state index in [0.717, 1.165) is 25.7 Å². The molecule has 120 valence electrons. The van der Waals surface area contributed by atoms with Crippen molar-refractivity contribution >= 4 is 11.8 Å². The number of amides is 2. The van der Waals surface area contributed by atoms with Gasteiger partial charge in [0, 0.05) is 44.2 Å². The van der Waals surface area contributed by atoms with Gasteiger partial charge in [-0.1, -0.05) is 6.42 Å². The SMILES string of the molecule is CCn1nccc1C(=O)NC[C@@]12CCC[C@H]1N(C)C(=O)CC2. The average molecular weight is 304 g/mol. The van der Waals surface area contributed by atoms with Gasteiger partial charge in [0.25, 0.3) is 5.91 Å². The van der Waals surface area contributed by atoms with E-state index in [1.807, 2.05) is 18.9 Å². The molecule has 0 radical (unpaired) electrons. The largest absolute Gasteiger partial charge is 0.350 e. The van der Waals surface area contributed by atoms with Crippen LogP contribution in [0.5, 0.6) is 0 Å². The summed E-state index contributed by atoms with van der Waals surface area (Å²) in [6.45, 7) is 3.29. The summed E-state index contributed by atoms with van der Waals surface area (Å²) in [6.07, 6.45) is 6.39. The Morgan fingerprint density at radius 1 is 1.50 bits per heavy atom. The Balaban J connectivity index is 1.70. The van der Waals surface area contributed by atoms with Crippen LogP contribution < -0.4 is 5.32 Å². The van der Waals surface area contributed by atoms with Crippen LogP contribution in [0.15, 0.2) is 12.3 Å². The first-order chi connectivity index (χ1) is 10.6. The smallest absolute Gasteiger partial charge is 0.269 e. The van der Waals surface area contributed by atoms with E-state index >= 15 is 0 Å². The van der Waals surface area contributed by atoms with Crippen molar-refractivity contribution in [3.05, 3.63) is 18.0 Å². The molecular weight excluding hydrogens is 280 g/mol. The molecule has 1 aromatic heterocycles. The summed E-state index contributed by atoms with van der Waals surface area (Å²) in [5.74, 6) is 0.164. The van der Waals surface area contributed by atoms with Crippen LogP contribution in [0.25, 0.3) is 0 Å². The van der Waals surface area contributed by atoms with Gasteiger partial charge in [-0.05, 0) is 32.3 Å². The first-order valence-electron chi connectivity index (χ1n) is 8.13. The highest BCUT2D eigenvalue weighted by atomic mass is 16.2. The van der Waals surface area contributed by atoms with Crippen LogP contribution in [-0.2, 0) is 11.3 Å².